The summed E-state index contributed by atoms with van der Waals surface area (Å²) in [6.07, 6.45) is 9.88. The maximum absolute atomic E-state index is 16.8. The average molecular weight is 647 g/mol. The Hall–Kier alpha value is -4.16. The summed E-state index contributed by atoms with van der Waals surface area (Å²) in [5, 5.41) is 22.9. The van der Waals surface area contributed by atoms with Gasteiger partial charge in [-0.05, 0) is 92.6 Å². The number of carboxylic acid groups (broad SMARTS) is 1. The summed E-state index contributed by atoms with van der Waals surface area (Å²) in [7, 11) is 0. The van der Waals surface area contributed by atoms with E-state index >= 15 is 4.39 Å². The summed E-state index contributed by atoms with van der Waals surface area (Å²) >= 11 is 0. The fraction of sp³-hybridized carbons (Fsp3) is 0.486. The molecule has 6 heterocycles. The number of fused-ring (bicyclic) bond motifs is 5. The van der Waals surface area contributed by atoms with Crippen molar-refractivity contribution in [3.8, 4) is 23.0 Å². The second-order valence-corrected chi connectivity index (χ2v) is 13.2. The second kappa shape index (κ2) is 12.8. The second-order valence-electron chi connectivity index (χ2n) is 13.2. The van der Waals surface area contributed by atoms with Crippen LogP contribution in [0.15, 0.2) is 30.5 Å². The quantitative estimate of drug-likeness (QED) is 0.234. The summed E-state index contributed by atoms with van der Waals surface area (Å²) in [6, 6.07) is 6.88. The van der Waals surface area contributed by atoms with E-state index in [0.717, 1.165) is 64.7 Å². The number of hydrogen-bond donors (Lipinski definition) is 3. The molecule has 2 bridgehead atoms. The Kier molecular flexibility index (Phi) is 8.56. The fourth-order valence-electron chi connectivity index (χ4n) is 8.39. The van der Waals surface area contributed by atoms with Crippen LogP contribution in [-0.2, 0) is 11.2 Å². The number of aryl methyl sites for hydroxylation is 1. The first-order valence-corrected chi connectivity index (χ1v) is 16.6. The zero-order valence-corrected chi connectivity index (χ0v) is 26.5. The van der Waals surface area contributed by atoms with Crippen LogP contribution in [0.3, 0.4) is 0 Å². The number of piperazine rings is 1. The van der Waals surface area contributed by atoms with Crippen molar-refractivity contribution in [2.75, 3.05) is 37.7 Å². The van der Waals surface area contributed by atoms with Crippen LogP contribution in [0.25, 0.3) is 32.9 Å². The lowest BCUT2D eigenvalue weighted by molar-refractivity contribution is -0.122. The van der Waals surface area contributed by atoms with Crippen LogP contribution in [0.4, 0.5) is 14.6 Å². The number of rotatable bonds is 6. The average Bonchev–Trinajstić information content (AvgIpc) is 3.65. The van der Waals surface area contributed by atoms with Crippen LogP contribution in [-0.4, -0.2) is 86.9 Å². The molecule has 47 heavy (non-hydrogen) atoms. The topological polar surface area (TPSA) is 124 Å². The highest BCUT2D eigenvalue weighted by Gasteiger charge is 2.45. The molecule has 2 aromatic heterocycles. The summed E-state index contributed by atoms with van der Waals surface area (Å²) in [5.74, 6) is -0.412. The van der Waals surface area contributed by atoms with E-state index in [0.29, 0.717) is 58.2 Å². The maximum atomic E-state index is 16.8. The summed E-state index contributed by atoms with van der Waals surface area (Å²) < 4.78 is 38.2. The van der Waals surface area contributed by atoms with Crippen LogP contribution in [0.2, 0.25) is 0 Å². The molecule has 12 heteroatoms. The van der Waals surface area contributed by atoms with E-state index < -0.39 is 5.82 Å². The van der Waals surface area contributed by atoms with Crippen LogP contribution in [0.1, 0.15) is 57.4 Å². The van der Waals surface area contributed by atoms with Crippen molar-refractivity contribution in [3.63, 3.8) is 0 Å². The number of piperidine rings is 1. The fourth-order valence-corrected chi connectivity index (χ4v) is 8.39. The molecule has 8 rings (SSSR count). The van der Waals surface area contributed by atoms with Gasteiger partial charge in [-0.2, -0.15) is 9.97 Å². The molecule has 2 atom stereocenters. The molecule has 0 aliphatic carbocycles. The molecule has 3 N–H and O–H groups in total. The lowest BCUT2D eigenvalue weighted by atomic mass is 9.93. The van der Waals surface area contributed by atoms with E-state index in [1.165, 1.54) is 18.6 Å². The summed E-state index contributed by atoms with van der Waals surface area (Å²) in [4.78, 5) is 27.3. The van der Waals surface area contributed by atoms with E-state index in [1.54, 1.807) is 18.3 Å². The number of halogens is 2. The summed E-state index contributed by atoms with van der Waals surface area (Å²) in [6.45, 7) is 5.77. The molecule has 4 aromatic rings. The Labute approximate surface area is 271 Å². The van der Waals surface area contributed by atoms with Crippen LogP contribution < -0.4 is 15.0 Å². The molecule has 4 aliphatic heterocycles. The highest BCUT2D eigenvalue weighted by Crippen LogP contribution is 2.41. The molecule has 0 spiro atoms. The number of pyridine rings is 1. The van der Waals surface area contributed by atoms with E-state index in [1.807, 2.05) is 6.92 Å². The molecule has 4 saturated heterocycles. The minimum atomic E-state index is -0.633. The van der Waals surface area contributed by atoms with Crippen LogP contribution >= 0.6 is 0 Å². The van der Waals surface area contributed by atoms with Gasteiger partial charge >= 0.3 is 6.01 Å². The van der Waals surface area contributed by atoms with Crippen molar-refractivity contribution < 1.29 is 28.5 Å². The van der Waals surface area contributed by atoms with E-state index in [9.17, 15) is 9.50 Å². The van der Waals surface area contributed by atoms with Crippen molar-refractivity contribution in [1.29, 1.82) is 0 Å². The Morgan fingerprint density at radius 1 is 1.09 bits per heavy atom. The number of phenols is 1. The largest absolute Gasteiger partial charge is 0.508 e. The summed E-state index contributed by atoms with van der Waals surface area (Å²) in [5.41, 5.74) is 0.921. The third-order valence-electron chi connectivity index (χ3n) is 10.4. The number of ether oxygens (including phenoxy) is 1. The number of aromatic nitrogens is 3. The minimum absolute atomic E-state index is 0.00634. The lowest BCUT2D eigenvalue weighted by Crippen LogP contribution is -2.59. The van der Waals surface area contributed by atoms with Crippen LogP contribution in [0, 0.1) is 11.6 Å². The van der Waals surface area contributed by atoms with Gasteiger partial charge in [-0.15, -0.1) is 0 Å². The van der Waals surface area contributed by atoms with Crippen molar-refractivity contribution in [1.82, 2.24) is 25.2 Å². The Morgan fingerprint density at radius 2 is 1.81 bits per heavy atom. The predicted molar refractivity (Wildman–Crippen MR) is 175 cm³/mol. The number of carbonyl (C=O) groups is 1. The monoisotopic (exact) mass is 646 g/mol. The maximum Gasteiger partial charge on any atom is 0.319 e. The number of hydrogen-bond acceptors (Lipinski definition) is 9. The minimum Gasteiger partial charge on any atom is -0.508 e. The van der Waals surface area contributed by atoms with Gasteiger partial charge in [-0.25, -0.2) is 8.78 Å². The Balaban J connectivity index is 0.00000113. The Bertz CT molecular complexity index is 1800. The van der Waals surface area contributed by atoms with Crippen molar-refractivity contribution in [2.45, 2.75) is 75.9 Å². The number of benzene rings is 2. The van der Waals surface area contributed by atoms with E-state index in [-0.39, 0.29) is 40.8 Å². The molecule has 2 aromatic carbocycles. The smallest absolute Gasteiger partial charge is 0.319 e. The van der Waals surface area contributed by atoms with Gasteiger partial charge in [-0.1, -0.05) is 19.4 Å². The SMILES string of the molecule is CCc1c(F)ccc2cc(O)cc(-c3ncc4c(N5CC6CCCC(C5)N6)nc(OCC56CCCN5CCC6)nc4c3F)c12.O=CO. The van der Waals surface area contributed by atoms with E-state index in [2.05, 4.69) is 25.1 Å². The molecule has 4 aliphatic rings. The van der Waals surface area contributed by atoms with Gasteiger partial charge in [0.1, 0.15) is 35.2 Å². The molecular weight excluding hydrogens is 606 g/mol. The number of anilines is 1. The standard InChI is InChI=1S/C34H38F2N6O2.CH2O2/c1-2-24-27(35)9-8-20-14-23(43)15-25(28(20)24)30-29(36)31-26(16-37-30)32(41-17-21-6-3-7-22(18-41)38-21)40-33(39-31)44-19-34-10-4-12-42(34)13-5-11-34;2-1-3/h8-9,14-16,21-22,38,43H,2-7,10-13,17-19H2,1H3;1H,(H,2,3). The highest BCUT2D eigenvalue weighted by atomic mass is 19.1. The van der Waals surface area contributed by atoms with Gasteiger partial charge in [0.05, 0.1) is 10.9 Å². The van der Waals surface area contributed by atoms with Gasteiger partial charge < -0.3 is 25.2 Å². The molecule has 10 nitrogen and oxygen atoms in total. The number of nitrogens with one attached hydrogen (secondary N) is 1. The third-order valence-corrected chi connectivity index (χ3v) is 10.4. The molecule has 0 amide bonds. The van der Waals surface area contributed by atoms with Gasteiger partial charge in [0.15, 0.2) is 5.82 Å². The first-order chi connectivity index (χ1) is 22.8. The lowest BCUT2D eigenvalue weighted by Gasteiger charge is -2.43. The van der Waals surface area contributed by atoms with Gasteiger partial charge in [0.2, 0.25) is 0 Å². The molecule has 4 fully saturated rings. The predicted octanol–water partition coefficient (Wildman–Crippen LogP) is 5.43. The highest BCUT2D eigenvalue weighted by molar-refractivity contribution is 6.01. The molecule has 0 radical (unpaired) electrons. The van der Waals surface area contributed by atoms with Crippen molar-refractivity contribution in [2.24, 2.45) is 0 Å². The molecule has 248 valence electrons. The van der Waals surface area contributed by atoms with Gasteiger partial charge in [0.25, 0.3) is 6.47 Å². The first kappa shape index (κ1) is 31.4. The van der Waals surface area contributed by atoms with Crippen molar-refractivity contribution >= 4 is 34.0 Å². The zero-order chi connectivity index (χ0) is 32.7. The number of phenolic OH excluding ortho intramolecular Hbond substituents is 1. The zero-order valence-electron chi connectivity index (χ0n) is 26.5. The van der Waals surface area contributed by atoms with E-state index in [4.69, 9.17) is 19.6 Å². The molecule has 0 saturated carbocycles. The van der Waals surface area contributed by atoms with Crippen LogP contribution in [0.5, 0.6) is 11.8 Å². The van der Waals surface area contributed by atoms with Gasteiger partial charge in [-0.3, -0.25) is 14.7 Å². The normalized spacial score (nSPS) is 21.8. The third kappa shape index (κ3) is 5.71. The van der Waals surface area contributed by atoms with Gasteiger partial charge in [0, 0.05) is 36.9 Å². The molecule has 2 unspecified atom stereocenters. The van der Waals surface area contributed by atoms with Crippen molar-refractivity contribution in [3.05, 3.63) is 47.7 Å². The first-order valence-electron chi connectivity index (χ1n) is 16.6. The molecular formula is C35H40F2N6O4. The number of nitrogens with zero attached hydrogens (tertiary/aromatic N) is 5. The number of aromatic hydroxyl groups is 1. The Morgan fingerprint density at radius 3 is 2.51 bits per heavy atom.